The van der Waals surface area contributed by atoms with Crippen molar-refractivity contribution >= 4 is 28.7 Å². The number of aliphatic hydroxyl groups is 1. The smallest absolute Gasteiger partial charge is 0.290 e. The first-order valence-electron chi connectivity index (χ1n) is 8.54. The second-order valence-corrected chi connectivity index (χ2v) is 7.40. The molecule has 1 aliphatic heterocycles. The quantitative estimate of drug-likeness (QED) is 0.741. The molecule has 6 nitrogen and oxygen atoms in total. The molecule has 0 saturated carbocycles. The topological polar surface area (TPSA) is 70.1 Å². The van der Waals surface area contributed by atoms with Gasteiger partial charge in [-0.2, -0.15) is 0 Å². The third-order valence-corrected chi connectivity index (χ3v) is 5.42. The van der Waals surface area contributed by atoms with Gasteiger partial charge in [-0.15, -0.1) is 11.3 Å². The molecule has 0 saturated heterocycles. The van der Waals surface area contributed by atoms with Crippen molar-refractivity contribution in [1.82, 2.24) is 4.90 Å². The molecular weight excluding hydrogens is 364 g/mol. The molecule has 0 fully saturated rings. The molecule has 1 unspecified atom stereocenters. The minimum Gasteiger partial charge on any atom is -0.503 e. The number of ether oxygens (including phenoxy) is 1. The van der Waals surface area contributed by atoms with Crippen molar-refractivity contribution in [3.8, 4) is 0 Å². The number of anilines is 1. The zero-order valence-corrected chi connectivity index (χ0v) is 16.3. The van der Waals surface area contributed by atoms with Crippen LogP contribution >= 0.6 is 11.3 Å². The van der Waals surface area contributed by atoms with Crippen LogP contribution in [-0.4, -0.2) is 56.1 Å². The molecule has 2 aromatic rings. The molecule has 27 heavy (non-hydrogen) atoms. The molecule has 142 valence electrons. The molecule has 1 amide bonds. The van der Waals surface area contributed by atoms with Gasteiger partial charge in [0.25, 0.3) is 5.91 Å². The molecule has 1 atom stereocenters. The number of thiophene rings is 1. The number of rotatable bonds is 7. The summed E-state index contributed by atoms with van der Waals surface area (Å²) in [6.07, 6.45) is 0. The van der Waals surface area contributed by atoms with Crippen molar-refractivity contribution in [3.63, 3.8) is 0 Å². The summed E-state index contributed by atoms with van der Waals surface area (Å²) in [5.41, 5.74) is 1.90. The monoisotopic (exact) mass is 386 g/mol. The van der Waals surface area contributed by atoms with E-state index in [-0.39, 0.29) is 17.9 Å². The highest BCUT2D eigenvalue weighted by Gasteiger charge is 2.43. The Bertz CT molecular complexity index is 857. The number of hydrogen-bond donors (Lipinski definition) is 1. The number of hydrogen-bond acceptors (Lipinski definition) is 6. The Kier molecular flexibility index (Phi) is 5.62. The Labute approximate surface area is 162 Å². The number of benzene rings is 1. The highest BCUT2D eigenvalue weighted by atomic mass is 32.1. The maximum Gasteiger partial charge on any atom is 0.290 e. The van der Waals surface area contributed by atoms with Crippen LogP contribution in [0.15, 0.2) is 53.1 Å². The van der Waals surface area contributed by atoms with E-state index in [4.69, 9.17) is 4.74 Å². The molecular formula is C20H22N2O4S. The number of aliphatic hydroxyl groups excluding tert-OH is 1. The standard InChI is InChI=1S/C20H22N2O4S/c1-21(2)14-8-6-13(7-9-14)17-16(18(23)15-5-4-12-27-15)19(24)20(25)22(17)10-11-26-3/h4-9,12,17,24H,10-11H2,1-3H3. The Balaban J connectivity index is 2.05. The van der Waals surface area contributed by atoms with Gasteiger partial charge in [0, 0.05) is 33.4 Å². The fraction of sp³-hybridized carbons (Fsp3) is 0.300. The van der Waals surface area contributed by atoms with Crippen LogP contribution in [0.5, 0.6) is 0 Å². The predicted octanol–water partition coefficient (Wildman–Crippen LogP) is 3.04. The molecule has 2 heterocycles. The third kappa shape index (κ3) is 3.61. The van der Waals surface area contributed by atoms with Crippen molar-refractivity contribution < 1.29 is 19.4 Å². The lowest BCUT2D eigenvalue weighted by molar-refractivity contribution is -0.130. The van der Waals surface area contributed by atoms with Gasteiger partial charge >= 0.3 is 0 Å². The first-order chi connectivity index (χ1) is 13.0. The predicted molar refractivity (Wildman–Crippen MR) is 105 cm³/mol. The van der Waals surface area contributed by atoms with Gasteiger partial charge < -0.3 is 19.6 Å². The van der Waals surface area contributed by atoms with E-state index >= 15 is 0 Å². The molecule has 1 N–H and O–H groups in total. The van der Waals surface area contributed by atoms with Crippen LogP contribution in [0.25, 0.3) is 0 Å². The lowest BCUT2D eigenvalue weighted by atomic mass is 9.95. The second kappa shape index (κ2) is 7.94. The summed E-state index contributed by atoms with van der Waals surface area (Å²) in [5.74, 6) is -1.35. The first kappa shape index (κ1) is 19.1. The third-order valence-electron chi connectivity index (χ3n) is 4.55. The fourth-order valence-electron chi connectivity index (χ4n) is 3.15. The number of methoxy groups -OCH3 is 1. The molecule has 0 spiro atoms. The maximum atomic E-state index is 13.0. The van der Waals surface area contributed by atoms with Crippen molar-refractivity contribution in [3.05, 3.63) is 63.6 Å². The van der Waals surface area contributed by atoms with E-state index in [1.807, 2.05) is 43.3 Å². The number of Topliss-reactive ketones (excluding diaryl/α,β-unsaturated/α-hetero) is 1. The van der Waals surface area contributed by atoms with Gasteiger partial charge in [0.05, 0.1) is 23.1 Å². The van der Waals surface area contributed by atoms with E-state index < -0.39 is 17.7 Å². The summed E-state index contributed by atoms with van der Waals surface area (Å²) in [5, 5.41) is 12.3. The zero-order valence-electron chi connectivity index (χ0n) is 15.5. The highest BCUT2D eigenvalue weighted by Crippen LogP contribution is 2.39. The largest absolute Gasteiger partial charge is 0.503 e. The minimum atomic E-state index is -0.640. The Morgan fingerprint density at radius 3 is 2.52 bits per heavy atom. The van der Waals surface area contributed by atoms with E-state index in [1.165, 1.54) is 16.2 Å². The van der Waals surface area contributed by atoms with Crippen LogP contribution in [0, 0.1) is 0 Å². The first-order valence-corrected chi connectivity index (χ1v) is 9.42. The summed E-state index contributed by atoms with van der Waals surface area (Å²) in [6.45, 7) is 0.590. The molecule has 1 aliphatic rings. The zero-order chi connectivity index (χ0) is 19.6. The van der Waals surface area contributed by atoms with Gasteiger partial charge in [0.15, 0.2) is 5.76 Å². The summed E-state index contributed by atoms with van der Waals surface area (Å²) in [4.78, 5) is 29.6. The average Bonchev–Trinajstić information content (AvgIpc) is 3.28. The van der Waals surface area contributed by atoms with Crippen LogP contribution < -0.4 is 4.90 Å². The Hall–Kier alpha value is -2.64. The lowest BCUT2D eigenvalue weighted by Crippen LogP contribution is -2.34. The molecule has 0 bridgehead atoms. The van der Waals surface area contributed by atoms with Gasteiger partial charge in [-0.05, 0) is 29.1 Å². The van der Waals surface area contributed by atoms with Gasteiger partial charge in [-0.25, -0.2) is 0 Å². The van der Waals surface area contributed by atoms with Gasteiger partial charge in [-0.3, -0.25) is 9.59 Å². The Morgan fingerprint density at radius 1 is 1.26 bits per heavy atom. The summed E-state index contributed by atoms with van der Waals surface area (Å²) >= 11 is 1.29. The molecule has 1 aromatic carbocycles. The average molecular weight is 386 g/mol. The lowest BCUT2D eigenvalue weighted by Gasteiger charge is -2.27. The molecule has 0 aliphatic carbocycles. The van der Waals surface area contributed by atoms with Gasteiger partial charge in [0.2, 0.25) is 5.78 Å². The van der Waals surface area contributed by atoms with Crippen molar-refractivity contribution in [2.45, 2.75) is 6.04 Å². The van der Waals surface area contributed by atoms with Gasteiger partial charge in [0.1, 0.15) is 0 Å². The van der Waals surface area contributed by atoms with Gasteiger partial charge in [-0.1, -0.05) is 18.2 Å². The fourth-order valence-corrected chi connectivity index (χ4v) is 3.83. The molecule has 1 aromatic heterocycles. The van der Waals surface area contributed by atoms with Crippen molar-refractivity contribution in [1.29, 1.82) is 0 Å². The number of amides is 1. The summed E-state index contributed by atoms with van der Waals surface area (Å²) < 4.78 is 5.11. The summed E-state index contributed by atoms with van der Waals surface area (Å²) in [7, 11) is 5.43. The second-order valence-electron chi connectivity index (χ2n) is 6.45. The maximum absolute atomic E-state index is 13.0. The van der Waals surface area contributed by atoms with E-state index in [9.17, 15) is 14.7 Å². The van der Waals surface area contributed by atoms with Crippen LogP contribution in [0.4, 0.5) is 5.69 Å². The number of ketones is 1. The van der Waals surface area contributed by atoms with Crippen LogP contribution in [-0.2, 0) is 9.53 Å². The Morgan fingerprint density at radius 2 is 1.96 bits per heavy atom. The SMILES string of the molecule is COCCN1C(=O)C(O)=C(C(=O)c2cccs2)C1c1ccc(N(C)C)cc1. The van der Waals surface area contributed by atoms with E-state index in [1.54, 1.807) is 24.6 Å². The number of carbonyl (C=O) groups excluding carboxylic acids is 2. The molecule has 7 heteroatoms. The number of nitrogens with zero attached hydrogens (tertiary/aromatic N) is 2. The molecule has 3 rings (SSSR count). The van der Waals surface area contributed by atoms with Crippen molar-refractivity contribution in [2.24, 2.45) is 0 Å². The van der Waals surface area contributed by atoms with Crippen molar-refractivity contribution in [2.75, 3.05) is 39.3 Å². The molecule has 0 radical (unpaired) electrons. The van der Waals surface area contributed by atoms with Crippen LogP contribution in [0.3, 0.4) is 0 Å². The minimum absolute atomic E-state index is 0.121. The summed E-state index contributed by atoms with van der Waals surface area (Å²) in [6, 6.07) is 10.4. The van der Waals surface area contributed by atoms with Crippen LogP contribution in [0.2, 0.25) is 0 Å². The van der Waals surface area contributed by atoms with E-state index in [0.29, 0.717) is 11.5 Å². The number of carbonyl (C=O) groups is 2. The highest BCUT2D eigenvalue weighted by molar-refractivity contribution is 7.12. The van der Waals surface area contributed by atoms with E-state index in [2.05, 4.69) is 0 Å². The normalized spacial score (nSPS) is 16.9. The van der Waals surface area contributed by atoms with Crippen LogP contribution in [0.1, 0.15) is 21.3 Å². The van der Waals surface area contributed by atoms with E-state index in [0.717, 1.165) is 11.3 Å².